The van der Waals surface area contributed by atoms with E-state index < -0.39 is 5.41 Å². The first-order valence-electron chi connectivity index (χ1n) is 21.5. The van der Waals surface area contributed by atoms with Crippen LogP contribution in [0.3, 0.4) is 0 Å². The van der Waals surface area contributed by atoms with Crippen molar-refractivity contribution in [2.45, 2.75) is 5.41 Å². The van der Waals surface area contributed by atoms with Crippen LogP contribution in [0, 0.1) is 22.7 Å². The summed E-state index contributed by atoms with van der Waals surface area (Å²) >= 11 is 0. The molecule has 12 rings (SSSR count). The van der Waals surface area contributed by atoms with E-state index in [9.17, 15) is 10.5 Å². The quantitative estimate of drug-likeness (QED) is 0.162. The molecule has 1 aromatic heterocycles. The molecule has 2 aliphatic rings. The lowest BCUT2D eigenvalue weighted by Gasteiger charge is -2.43. The largest absolute Gasteiger partial charge is 0.309 e. The number of aromatic nitrogens is 1. The molecule has 10 aromatic rings. The van der Waals surface area contributed by atoms with E-state index in [1.807, 2.05) is 12.1 Å². The molecule has 0 radical (unpaired) electrons. The van der Waals surface area contributed by atoms with Crippen molar-refractivity contribution >= 4 is 61.5 Å². The van der Waals surface area contributed by atoms with E-state index in [0.717, 1.165) is 95.0 Å². The molecule has 5 nitrogen and oxygen atoms in total. The minimum absolute atomic E-state index is 0.0946. The van der Waals surface area contributed by atoms with Crippen molar-refractivity contribution < 1.29 is 0 Å². The number of anilines is 6. The normalized spacial score (nSPS) is 14.8. The van der Waals surface area contributed by atoms with Crippen molar-refractivity contribution in [3.63, 3.8) is 0 Å². The van der Waals surface area contributed by atoms with Crippen molar-refractivity contribution in [1.82, 2.24) is 4.57 Å². The van der Waals surface area contributed by atoms with Crippen LogP contribution in [0.15, 0.2) is 230 Å². The maximum absolute atomic E-state index is 10.4. The molecule has 0 spiro atoms. The Bertz CT molecular complexity index is 3480. The number of nitriles is 2. The number of para-hydroxylation sites is 7. The SMILES string of the molecule is N#CC(C#N)=C1c2ccccc2C(c2ccc(N3c4ccccc4N(c4ccccc4)c4ccccc43)cc2)(c2ccc3c(c2)c2ccccc2n3-c2ccccc2)c2ccccc21. The maximum atomic E-state index is 10.4. The lowest BCUT2D eigenvalue weighted by atomic mass is 9.58. The van der Waals surface area contributed by atoms with Crippen LogP contribution in [0.5, 0.6) is 0 Å². The molecule has 9 aromatic carbocycles. The first kappa shape index (κ1) is 36.9. The summed E-state index contributed by atoms with van der Waals surface area (Å²) in [5.41, 5.74) is 15.7. The molecular weight excluding hydrogens is 779 g/mol. The summed E-state index contributed by atoms with van der Waals surface area (Å²) in [6, 6.07) is 84.0. The van der Waals surface area contributed by atoms with Gasteiger partial charge in [0.25, 0.3) is 0 Å². The molecule has 64 heavy (non-hydrogen) atoms. The van der Waals surface area contributed by atoms with Gasteiger partial charge in [-0.15, -0.1) is 0 Å². The van der Waals surface area contributed by atoms with Crippen LogP contribution >= 0.6 is 0 Å². The number of hydrogen-bond donors (Lipinski definition) is 0. The number of benzene rings is 9. The standard InChI is InChI=1S/C59H37N5/c60-38-40(39-61)58-47-22-7-10-24-50(47)59(51-25-11-8-23-48(51)58,42-33-36-53-49(37-42)46-21-9-12-26-52(46)62(53)43-17-3-1-4-18-43)41-31-34-45(35-32-41)64-56-29-15-13-27-54(56)63(44-19-5-2-6-20-44)55-28-14-16-30-57(55)64/h1-37H. The third-order valence-electron chi connectivity index (χ3n) is 13.1. The Labute approximate surface area is 371 Å². The van der Waals surface area contributed by atoms with Gasteiger partial charge in [0.2, 0.25) is 0 Å². The molecule has 1 aliphatic heterocycles. The molecule has 0 saturated heterocycles. The molecule has 5 heteroatoms. The van der Waals surface area contributed by atoms with Crippen LogP contribution in [0.2, 0.25) is 0 Å². The number of fused-ring (bicyclic) bond motifs is 7. The van der Waals surface area contributed by atoms with Crippen molar-refractivity contribution in [3.05, 3.63) is 263 Å². The van der Waals surface area contributed by atoms with Gasteiger partial charge in [-0.25, -0.2) is 0 Å². The Morgan fingerprint density at radius 1 is 0.375 bits per heavy atom. The van der Waals surface area contributed by atoms with Crippen LogP contribution in [0.4, 0.5) is 34.1 Å². The van der Waals surface area contributed by atoms with Gasteiger partial charge in [-0.3, -0.25) is 0 Å². The second kappa shape index (κ2) is 14.6. The summed E-state index contributed by atoms with van der Waals surface area (Å²) in [4.78, 5) is 4.70. The Morgan fingerprint density at radius 3 is 1.38 bits per heavy atom. The molecule has 0 N–H and O–H groups in total. The van der Waals surface area contributed by atoms with E-state index >= 15 is 0 Å². The zero-order chi connectivity index (χ0) is 42.8. The smallest absolute Gasteiger partial charge is 0.138 e. The monoisotopic (exact) mass is 815 g/mol. The van der Waals surface area contributed by atoms with Crippen LogP contribution < -0.4 is 9.80 Å². The maximum Gasteiger partial charge on any atom is 0.138 e. The van der Waals surface area contributed by atoms with Gasteiger partial charge in [0.1, 0.15) is 17.7 Å². The Hall–Kier alpha value is -8.90. The van der Waals surface area contributed by atoms with Crippen molar-refractivity contribution in [2.75, 3.05) is 9.80 Å². The topological polar surface area (TPSA) is 59.0 Å². The highest BCUT2D eigenvalue weighted by atomic mass is 15.3. The predicted molar refractivity (Wildman–Crippen MR) is 259 cm³/mol. The average Bonchev–Trinajstić information content (AvgIpc) is 3.70. The number of rotatable bonds is 5. The van der Waals surface area contributed by atoms with E-state index in [1.165, 1.54) is 0 Å². The van der Waals surface area contributed by atoms with Gasteiger partial charge < -0.3 is 14.4 Å². The van der Waals surface area contributed by atoms with Gasteiger partial charge >= 0.3 is 0 Å². The molecule has 298 valence electrons. The summed E-state index contributed by atoms with van der Waals surface area (Å²) < 4.78 is 2.35. The van der Waals surface area contributed by atoms with Gasteiger partial charge in [0, 0.05) is 33.4 Å². The average molecular weight is 816 g/mol. The fraction of sp³-hybridized carbons (Fsp3) is 0.0169. The minimum atomic E-state index is -0.850. The highest BCUT2D eigenvalue weighted by Gasteiger charge is 2.46. The summed E-state index contributed by atoms with van der Waals surface area (Å²) in [6.45, 7) is 0. The first-order chi connectivity index (χ1) is 31.7. The Balaban J connectivity index is 1.13. The second-order valence-corrected chi connectivity index (χ2v) is 16.3. The predicted octanol–water partition coefficient (Wildman–Crippen LogP) is 14.6. The zero-order valence-electron chi connectivity index (χ0n) is 34.6. The summed E-state index contributed by atoms with van der Waals surface area (Å²) in [5, 5.41) is 23.2. The van der Waals surface area contributed by atoms with Crippen LogP contribution in [0.1, 0.15) is 33.4 Å². The van der Waals surface area contributed by atoms with E-state index in [-0.39, 0.29) is 5.57 Å². The molecular formula is C59H37N5. The summed E-state index contributed by atoms with van der Waals surface area (Å²) in [7, 11) is 0. The molecule has 1 aliphatic carbocycles. The Morgan fingerprint density at radius 2 is 0.812 bits per heavy atom. The van der Waals surface area contributed by atoms with Crippen molar-refractivity contribution in [1.29, 1.82) is 10.5 Å². The molecule has 0 fully saturated rings. The van der Waals surface area contributed by atoms with E-state index in [2.05, 4.69) is 239 Å². The molecule has 0 saturated carbocycles. The fourth-order valence-electron chi connectivity index (χ4n) is 10.5. The molecule has 0 atom stereocenters. The lowest BCUT2D eigenvalue weighted by Crippen LogP contribution is -2.36. The van der Waals surface area contributed by atoms with E-state index in [0.29, 0.717) is 5.57 Å². The van der Waals surface area contributed by atoms with Crippen molar-refractivity contribution in [3.8, 4) is 17.8 Å². The highest BCUT2D eigenvalue weighted by Crippen LogP contribution is 2.57. The fourth-order valence-corrected chi connectivity index (χ4v) is 10.5. The number of nitrogens with zero attached hydrogens (tertiary/aromatic N) is 5. The van der Waals surface area contributed by atoms with Gasteiger partial charge in [-0.05, 0) is 112 Å². The van der Waals surface area contributed by atoms with Gasteiger partial charge in [0.15, 0.2) is 0 Å². The van der Waals surface area contributed by atoms with Crippen molar-refractivity contribution in [2.24, 2.45) is 0 Å². The van der Waals surface area contributed by atoms with E-state index in [1.54, 1.807) is 0 Å². The highest BCUT2D eigenvalue weighted by molar-refractivity contribution is 6.10. The molecule has 2 heterocycles. The van der Waals surface area contributed by atoms with Crippen LogP contribution in [-0.2, 0) is 5.41 Å². The van der Waals surface area contributed by atoms with Crippen LogP contribution in [0.25, 0.3) is 33.1 Å². The molecule has 0 bridgehead atoms. The second-order valence-electron chi connectivity index (χ2n) is 16.3. The molecule has 0 unspecified atom stereocenters. The third-order valence-corrected chi connectivity index (χ3v) is 13.1. The lowest BCUT2D eigenvalue weighted by molar-refractivity contribution is 0.732. The summed E-state index contributed by atoms with van der Waals surface area (Å²) in [6.07, 6.45) is 0. The number of allylic oxidation sites excluding steroid dienone is 1. The van der Waals surface area contributed by atoms with Crippen LogP contribution in [-0.4, -0.2) is 4.57 Å². The summed E-state index contributed by atoms with van der Waals surface area (Å²) in [5.74, 6) is 0. The minimum Gasteiger partial charge on any atom is -0.309 e. The van der Waals surface area contributed by atoms with Gasteiger partial charge in [0.05, 0.1) is 39.2 Å². The van der Waals surface area contributed by atoms with Gasteiger partial charge in [-0.2, -0.15) is 10.5 Å². The number of hydrogen-bond acceptors (Lipinski definition) is 4. The third kappa shape index (κ3) is 5.29. The Kier molecular flexibility index (Phi) is 8.44. The first-order valence-corrected chi connectivity index (χ1v) is 21.5. The molecule has 0 amide bonds. The van der Waals surface area contributed by atoms with E-state index in [4.69, 9.17) is 0 Å². The zero-order valence-corrected chi connectivity index (χ0v) is 34.6. The van der Waals surface area contributed by atoms with Gasteiger partial charge in [-0.1, -0.05) is 146 Å².